The van der Waals surface area contributed by atoms with Gasteiger partial charge in [0.25, 0.3) is 0 Å². The number of aromatic nitrogens is 1. The first-order chi connectivity index (χ1) is 22.3. The van der Waals surface area contributed by atoms with Crippen molar-refractivity contribution < 1.29 is 4.42 Å². The van der Waals surface area contributed by atoms with Crippen LogP contribution >= 0.6 is 0 Å². The standard InChI is InChI=1S/C42H28N2O/c1-4-15-29(16-5-1)30-17-14-22-33(27-30)43(31-18-6-2-7-19-31)37-28-38-40(42-41(37)35-24-11-13-26-39(35)45-42)34-23-10-12-25-36(34)44(38)32-20-8-3-9-21-32/h1-28H. The van der Waals surface area contributed by atoms with Crippen molar-refractivity contribution in [1.82, 2.24) is 4.57 Å². The molecule has 7 aromatic carbocycles. The molecule has 3 nitrogen and oxygen atoms in total. The van der Waals surface area contributed by atoms with Crippen molar-refractivity contribution in [1.29, 1.82) is 0 Å². The first kappa shape index (κ1) is 25.4. The molecule has 45 heavy (non-hydrogen) atoms. The zero-order chi connectivity index (χ0) is 29.7. The summed E-state index contributed by atoms with van der Waals surface area (Å²) >= 11 is 0. The van der Waals surface area contributed by atoms with E-state index in [0.29, 0.717) is 0 Å². The number of rotatable bonds is 5. The summed E-state index contributed by atoms with van der Waals surface area (Å²) in [7, 11) is 0. The zero-order valence-corrected chi connectivity index (χ0v) is 24.5. The van der Waals surface area contributed by atoms with E-state index in [9.17, 15) is 0 Å². The SMILES string of the molecule is c1ccc(-c2cccc(N(c3ccccc3)c3cc4c(c5ccccc5n4-c4ccccc4)c4oc5ccccc5c34)c2)cc1. The topological polar surface area (TPSA) is 21.3 Å². The molecular weight excluding hydrogens is 548 g/mol. The maximum Gasteiger partial charge on any atom is 0.147 e. The molecule has 0 atom stereocenters. The second-order valence-electron chi connectivity index (χ2n) is 11.4. The third-order valence-corrected chi connectivity index (χ3v) is 8.74. The van der Waals surface area contributed by atoms with Gasteiger partial charge in [0.15, 0.2) is 0 Å². The van der Waals surface area contributed by atoms with Gasteiger partial charge in [-0.25, -0.2) is 0 Å². The smallest absolute Gasteiger partial charge is 0.147 e. The fourth-order valence-electron chi connectivity index (χ4n) is 6.80. The van der Waals surface area contributed by atoms with Crippen LogP contribution in [0.15, 0.2) is 174 Å². The zero-order valence-electron chi connectivity index (χ0n) is 24.5. The Morgan fingerprint density at radius 3 is 1.87 bits per heavy atom. The largest absolute Gasteiger partial charge is 0.455 e. The second-order valence-corrected chi connectivity index (χ2v) is 11.4. The molecule has 3 heteroatoms. The highest BCUT2D eigenvalue weighted by Gasteiger charge is 2.25. The van der Waals surface area contributed by atoms with Crippen LogP contribution in [0.5, 0.6) is 0 Å². The lowest BCUT2D eigenvalue weighted by molar-refractivity contribution is 0.673. The molecule has 2 aromatic heterocycles. The fourth-order valence-corrected chi connectivity index (χ4v) is 6.80. The molecule has 9 aromatic rings. The van der Waals surface area contributed by atoms with Crippen molar-refractivity contribution in [3.05, 3.63) is 170 Å². The number of benzene rings is 7. The molecule has 0 saturated carbocycles. The van der Waals surface area contributed by atoms with Crippen molar-refractivity contribution in [2.45, 2.75) is 0 Å². The lowest BCUT2D eigenvalue weighted by Crippen LogP contribution is -2.10. The third kappa shape index (κ3) is 4.05. The third-order valence-electron chi connectivity index (χ3n) is 8.74. The van der Waals surface area contributed by atoms with Crippen LogP contribution in [-0.2, 0) is 0 Å². The first-order valence-electron chi connectivity index (χ1n) is 15.3. The number of anilines is 3. The summed E-state index contributed by atoms with van der Waals surface area (Å²) in [5.41, 5.74) is 10.7. The summed E-state index contributed by atoms with van der Waals surface area (Å²) in [4.78, 5) is 2.38. The summed E-state index contributed by atoms with van der Waals surface area (Å²) in [6.07, 6.45) is 0. The molecule has 0 unspecified atom stereocenters. The van der Waals surface area contributed by atoms with Crippen molar-refractivity contribution in [2.24, 2.45) is 0 Å². The van der Waals surface area contributed by atoms with Gasteiger partial charge in [-0.3, -0.25) is 0 Å². The average Bonchev–Trinajstić information content (AvgIpc) is 3.66. The van der Waals surface area contributed by atoms with Gasteiger partial charge in [-0.05, 0) is 65.7 Å². The van der Waals surface area contributed by atoms with Crippen LogP contribution in [0.2, 0.25) is 0 Å². The fraction of sp³-hybridized carbons (Fsp3) is 0. The van der Waals surface area contributed by atoms with Crippen LogP contribution in [0.3, 0.4) is 0 Å². The monoisotopic (exact) mass is 576 g/mol. The minimum Gasteiger partial charge on any atom is -0.455 e. The van der Waals surface area contributed by atoms with Gasteiger partial charge in [0, 0.05) is 27.8 Å². The van der Waals surface area contributed by atoms with E-state index in [0.717, 1.165) is 61.1 Å². The summed E-state index contributed by atoms with van der Waals surface area (Å²) in [6.45, 7) is 0. The van der Waals surface area contributed by atoms with Gasteiger partial charge in [0.2, 0.25) is 0 Å². The molecule has 0 saturated heterocycles. The predicted molar refractivity (Wildman–Crippen MR) is 188 cm³/mol. The molecule has 2 heterocycles. The normalized spacial score (nSPS) is 11.6. The number of nitrogens with zero attached hydrogens (tertiary/aromatic N) is 2. The van der Waals surface area contributed by atoms with E-state index in [1.165, 1.54) is 16.5 Å². The van der Waals surface area contributed by atoms with Crippen LogP contribution in [0.4, 0.5) is 17.1 Å². The van der Waals surface area contributed by atoms with E-state index < -0.39 is 0 Å². The molecule has 0 aliphatic heterocycles. The minimum atomic E-state index is 0.879. The number of fused-ring (bicyclic) bond motifs is 7. The number of para-hydroxylation sites is 4. The summed E-state index contributed by atoms with van der Waals surface area (Å²) in [6, 6.07) is 60.0. The van der Waals surface area contributed by atoms with Crippen LogP contribution in [-0.4, -0.2) is 4.57 Å². The van der Waals surface area contributed by atoms with Gasteiger partial charge in [-0.2, -0.15) is 0 Å². The molecule has 0 amide bonds. The van der Waals surface area contributed by atoms with E-state index >= 15 is 0 Å². The van der Waals surface area contributed by atoms with Crippen molar-refractivity contribution in [3.63, 3.8) is 0 Å². The van der Waals surface area contributed by atoms with Crippen molar-refractivity contribution in [2.75, 3.05) is 4.90 Å². The Hall–Kier alpha value is -6.06. The van der Waals surface area contributed by atoms with E-state index in [-0.39, 0.29) is 0 Å². The average molecular weight is 577 g/mol. The number of hydrogen-bond donors (Lipinski definition) is 0. The second kappa shape index (κ2) is 10.3. The maximum absolute atomic E-state index is 6.84. The van der Waals surface area contributed by atoms with Gasteiger partial charge in [0.05, 0.1) is 27.5 Å². The highest BCUT2D eigenvalue weighted by Crippen LogP contribution is 2.48. The lowest BCUT2D eigenvalue weighted by Gasteiger charge is -2.27. The highest BCUT2D eigenvalue weighted by molar-refractivity contribution is 6.28. The molecule has 0 spiro atoms. The molecule has 0 radical (unpaired) electrons. The van der Waals surface area contributed by atoms with Crippen LogP contribution in [0.1, 0.15) is 0 Å². The molecule has 0 N–H and O–H groups in total. The lowest BCUT2D eigenvalue weighted by atomic mass is 10.0. The van der Waals surface area contributed by atoms with Crippen LogP contribution in [0, 0.1) is 0 Å². The number of furan rings is 1. The van der Waals surface area contributed by atoms with Gasteiger partial charge in [0.1, 0.15) is 11.2 Å². The van der Waals surface area contributed by atoms with Gasteiger partial charge in [-0.1, -0.05) is 115 Å². The Morgan fingerprint density at radius 1 is 0.444 bits per heavy atom. The molecule has 212 valence electrons. The quantitative estimate of drug-likeness (QED) is 0.203. The Balaban J connectivity index is 1.44. The Labute approximate surface area is 260 Å². The van der Waals surface area contributed by atoms with Crippen molar-refractivity contribution in [3.8, 4) is 16.8 Å². The summed E-state index contributed by atoms with van der Waals surface area (Å²) in [5, 5.41) is 4.49. The molecule has 0 aliphatic rings. The minimum absolute atomic E-state index is 0.879. The highest BCUT2D eigenvalue weighted by atomic mass is 16.3. The molecule has 0 aliphatic carbocycles. The van der Waals surface area contributed by atoms with Gasteiger partial charge in [-0.15, -0.1) is 0 Å². The molecule has 0 bridgehead atoms. The van der Waals surface area contributed by atoms with E-state index in [1.54, 1.807) is 0 Å². The van der Waals surface area contributed by atoms with Crippen LogP contribution < -0.4 is 4.90 Å². The first-order valence-corrected chi connectivity index (χ1v) is 15.3. The van der Waals surface area contributed by atoms with Gasteiger partial charge >= 0.3 is 0 Å². The van der Waals surface area contributed by atoms with E-state index in [2.05, 4.69) is 173 Å². The molecule has 9 rings (SSSR count). The van der Waals surface area contributed by atoms with Crippen LogP contribution in [0.25, 0.3) is 60.6 Å². The Bertz CT molecular complexity index is 2470. The maximum atomic E-state index is 6.84. The molecule has 0 fully saturated rings. The predicted octanol–water partition coefficient (Wildman–Crippen LogP) is 11.8. The Morgan fingerprint density at radius 2 is 1.07 bits per heavy atom. The van der Waals surface area contributed by atoms with E-state index in [4.69, 9.17) is 4.42 Å². The summed E-state index contributed by atoms with van der Waals surface area (Å²) in [5.74, 6) is 0. The Kier molecular flexibility index (Phi) is 5.82. The van der Waals surface area contributed by atoms with Gasteiger partial charge < -0.3 is 13.9 Å². The number of hydrogen-bond acceptors (Lipinski definition) is 2. The molecular formula is C42H28N2O. The van der Waals surface area contributed by atoms with Crippen molar-refractivity contribution >= 4 is 60.8 Å². The van der Waals surface area contributed by atoms with E-state index in [1.807, 2.05) is 6.07 Å². The summed E-state index contributed by atoms with van der Waals surface area (Å²) < 4.78 is 9.20.